The number of carbonyl (C=O) groups is 1. The van der Waals surface area contributed by atoms with Crippen LogP contribution in [0.5, 0.6) is 11.8 Å². The number of fused-ring (bicyclic) bond motifs is 2. The van der Waals surface area contributed by atoms with E-state index in [1.54, 1.807) is 19.1 Å². The van der Waals surface area contributed by atoms with Crippen LogP contribution in [-0.4, -0.2) is 44.8 Å². The van der Waals surface area contributed by atoms with E-state index in [0.717, 1.165) is 25.1 Å². The smallest absolute Gasteiger partial charge is 0.340 e. The molecule has 5 rings (SSSR count). The number of ether oxygens (including phenoxy) is 1. The number of para-hydroxylation sites is 1. The molecule has 6 nitrogen and oxygen atoms in total. The van der Waals surface area contributed by atoms with Crippen molar-refractivity contribution in [3.63, 3.8) is 0 Å². The van der Waals surface area contributed by atoms with Gasteiger partial charge in [-0.25, -0.2) is 4.79 Å². The molecule has 3 aromatic rings. The predicted molar refractivity (Wildman–Crippen MR) is 126 cm³/mol. The summed E-state index contributed by atoms with van der Waals surface area (Å²) in [6.07, 6.45) is 2.32. The molecule has 2 N–H and O–H groups in total. The molecule has 3 atom stereocenters. The summed E-state index contributed by atoms with van der Waals surface area (Å²) in [5.74, 6) is 0.255. The van der Waals surface area contributed by atoms with E-state index in [9.17, 15) is 15.0 Å². The Labute approximate surface area is 194 Å². The Hall–Kier alpha value is -3.25. The number of aryl methyl sites for hydroxylation is 2. The second-order valence-electron chi connectivity index (χ2n) is 9.40. The number of carbonyl (C=O) groups excluding carboxylic acids is 1. The number of benzene rings is 2. The molecule has 2 aliphatic rings. The Morgan fingerprint density at radius 2 is 1.82 bits per heavy atom. The molecule has 0 spiro atoms. The quantitative estimate of drug-likeness (QED) is 0.543. The number of nitrogens with zero attached hydrogens (tertiary/aromatic N) is 2. The van der Waals surface area contributed by atoms with Gasteiger partial charge in [0, 0.05) is 36.7 Å². The van der Waals surface area contributed by atoms with E-state index in [-0.39, 0.29) is 11.8 Å². The van der Waals surface area contributed by atoms with Crippen LogP contribution in [0.4, 0.5) is 0 Å². The van der Waals surface area contributed by atoms with E-state index in [4.69, 9.17) is 4.74 Å². The molecule has 2 bridgehead atoms. The summed E-state index contributed by atoms with van der Waals surface area (Å²) >= 11 is 0. The van der Waals surface area contributed by atoms with E-state index in [1.165, 1.54) is 22.6 Å². The maximum Gasteiger partial charge on any atom is 0.340 e. The van der Waals surface area contributed by atoms with Gasteiger partial charge in [0.05, 0.1) is 17.9 Å². The molecule has 2 aromatic carbocycles. The van der Waals surface area contributed by atoms with Gasteiger partial charge >= 0.3 is 5.97 Å². The molecule has 1 aromatic heterocycles. The van der Waals surface area contributed by atoms with Crippen molar-refractivity contribution in [2.45, 2.75) is 39.3 Å². The molecule has 172 valence electrons. The van der Waals surface area contributed by atoms with Crippen LogP contribution in [0.25, 0.3) is 5.69 Å². The third kappa shape index (κ3) is 3.89. The molecule has 2 fully saturated rings. The monoisotopic (exact) mass is 446 g/mol. The van der Waals surface area contributed by atoms with E-state index >= 15 is 0 Å². The van der Waals surface area contributed by atoms with Crippen molar-refractivity contribution < 1.29 is 19.7 Å². The van der Waals surface area contributed by atoms with Gasteiger partial charge in [-0.2, -0.15) is 0 Å². The van der Waals surface area contributed by atoms with Gasteiger partial charge in [0.15, 0.2) is 5.88 Å². The van der Waals surface area contributed by atoms with Crippen LogP contribution in [0.15, 0.2) is 54.6 Å². The highest BCUT2D eigenvalue weighted by Gasteiger charge is 2.47. The molecular formula is C27H30N2O4. The SMILES string of the molecule is Cc1cccc(C(=O)OCC2C3CCC2N(Cc2ccccc2)C3)c1-n1c(O)cc(C)c1O. The van der Waals surface area contributed by atoms with Gasteiger partial charge in [-0.05, 0) is 49.8 Å². The van der Waals surface area contributed by atoms with Crippen molar-refractivity contribution in [2.24, 2.45) is 11.8 Å². The lowest BCUT2D eigenvalue weighted by Gasteiger charge is -2.27. The number of esters is 1. The second kappa shape index (κ2) is 8.60. The molecule has 1 saturated carbocycles. The van der Waals surface area contributed by atoms with Gasteiger partial charge in [0.2, 0.25) is 5.88 Å². The van der Waals surface area contributed by atoms with Gasteiger partial charge in [0.1, 0.15) is 0 Å². The standard InChI is InChI=1S/C27H30N2O4/c1-17-7-6-10-21(25(17)29-24(30)13-18(2)26(29)31)27(32)33-16-22-20-11-12-23(22)28(15-20)14-19-8-4-3-5-9-19/h3-10,13,20,22-23,30-31H,11-12,14-16H2,1-2H3. The van der Waals surface area contributed by atoms with Crippen molar-refractivity contribution in [1.82, 2.24) is 9.47 Å². The maximum absolute atomic E-state index is 13.2. The fourth-order valence-electron chi connectivity index (χ4n) is 5.69. The molecule has 33 heavy (non-hydrogen) atoms. The normalized spacial score (nSPS) is 22.1. The minimum absolute atomic E-state index is 0.0822. The summed E-state index contributed by atoms with van der Waals surface area (Å²) in [4.78, 5) is 15.7. The van der Waals surface area contributed by atoms with Crippen molar-refractivity contribution in [3.8, 4) is 17.4 Å². The molecule has 0 amide bonds. The number of hydrogen-bond acceptors (Lipinski definition) is 5. The van der Waals surface area contributed by atoms with Crippen LogP contribution in [0.2, 0.25) is 0 Å². The first-order valence-corrected chi connectivity index (χ1v) is 11.6. The third-order valence-electron chi connectivity index (χ3n) is 7.33. The predicted octanol–water partition coefficient (Wildman–Crippen LogP) is 4.57. The number of piperidine rings is 1. The van der Waals surface area contributed by atoms with Gasteiger partial charge < -0.3 is 14.9 Å². The van der Waals surface area contributed by atoms with Crippen molar-refractivity contribution in [2.75, 3.05) is 13.2 Å². The van der Waals surface area contributed by atoms with Crippen molar-refractivity contribution in [1.29, 1.82) is 0 Å². The topological polar surface area (TPSA) is 74.9 Å². The average molecular weight is 447 g/mol. The van der Waals surface area contributed by atoms with Crippen molar-refractivity contribution in [3.05, 3.63) is 76.9 Å². The summed E-state index contributed by atoms with van der Waals surface area (Å²) in [6, 6.07) is 17.7. The molecule has 1 saturated heterocycles. The Kier molecular flexibility index (Phi) is 5.62. The van der Waals surface area contributed by atoms with Gasteiger partial charge in [-0.15, -0.1) is 0 Å². The Bertz CT molecular complexity index is 1170. The number of aromatic nitrogens is 1. The molecule has 3 unspecified atom stereocenters. The van der Waals surface area contributed by atoms with Crippen LogP contribution in [0.3, 0.4) is 0 Å². The van der Waals surface area contributed by atoms with E-state index < -0.39 is 5.97 Å². The summed E-state index contributed by atoms with van der Waals surface area (Å²) < 4.78 is 7.16. The molecule has 6 heteroatoms. The van der Waals surface area contributed by atoms with Crippen LogP contribution >= 0.6 is 0 Å². The second-order valence-corrected chi connectivity index (χ2v) is 9.40. The number of aromatic hydroxyl groups is 2. The van der Waals surface area contributed by atoms with Crippen LogP contribution in [0, 0.1) is 25.7 Å². The third-order valence-corrected chi connectivity index (χ3v) is 7.33. The average Bonchev–Trinajstić information content (AvgIpc) is 3.43. The molecular weight excluding hydrogens is 416 g/mol. The molecule has 1 aliphatic carbocycles. The first-order chi connectivity index (χ1) is 15.9. The largest absolute Gasteiger partial charge is 0.494 e. The molecule has 0 radical (unpaired) electrons. The zero-order valence-corrected chi connectivity index (χ0v) is 19.1. The zero-order chi connectivity index (χ0) is 23.1. The lowest BCUT2D eigenvalue weighted by molar-refractivity contribution is 0.0408. The van der Waals surface area contributed by atoms with Gasteiger partial charge in [0.25, 0.3) is 0 Å². The Morgan fingerprint density at radius 1 is 1.03 bits per heavy atom. The highest BCUT2D eigenvalue weighted by atomic mass is 16.5. The first kappa shape index (κ1) is 21.6. The van der Waals surface area contributed by atoms with E-state index in [2.05, 4.69) is 29.2 Å². The van der Waals surface area contributed by atoms with E-state index in [0.29, 0.717) is 41.3 Å². The molecule has 2 heterocycles. The lowest BCUT2D eigenvalue weighted by atomic mass is 9.99. The maximum atomic E-state index is 13.2. The minimum atomic E-state index is -0.431. The number of hydrogen-bond donors (Lipinski definition) is 2. The fourth-order valence-corrected chi connectivity index (χ4v) is 5.69. The fraction of sp³-hybridized carbons (Fsp3) is 0.370. The number of rotatable bonds is 6. The molecule has 1 aliphatic heterocycles. The summed E-state index contributed by atoms with van der Waals surface area (Å²) in [5.41, 5.74) is 3.40. The summed E-state index contributed by atoms with van der Waals surface area (Å²) in [7, 11) is 0. The first-order valence-electron chi connectivity index (χ1n) is 11.6. The Balaban J connectivity index is 1.32. The number of likely N-dealkylation sites (tertiary alicyclic amines) is 1. The van der Waals surface area contributed by atoms with Crippen LogP contribution in [0.1, 0.15) is 39.9 Å². The summed E-state index contributed by atoms with van der Waals surface area (Å²) in [6.45, 7) is 5.91. The van der Waals surface area contributed by atoms with Gasteiger partial charge in [-0.3, -0.25) is 9.47 Å². The minimum Gasteiger partial charge on any atom is -0.494 e. The highest BCUT2D eigenvalue weighted by molar-refractivity contribution is 5.94. The Morgan fingerprint density at radius 3 is 2.55 bits per heavy atom. The van der Waals surface area contributed by atoms with Crippen LogP contribution < -0.4 is 0 Å². The summed E-state index contributed by atoms with van der Waals surface area (Å²) in [5, 5.41) is 20.9. The zero-order valence-electron chi connectivity index (χ0n) is 19.1. The van der Waals surface area contributed by atoms with Gasteiger partial charge in [-0.1, -0.05) is 42.5 Å². The van der Waals surface area contributed by atoms with Crippen LogP contribution in [-0.2, 0) is 11.3 Å². The van der Waals surface area contributed by atoms with Crippen molar-refractivity contribution >= 4 is 5.97 Å². The highest BCUT2D eigenvalue weighted by Crippen LogP contribution is 2.43. The van der Waals surface area contributed by atoms with E-state index in [1.807, 2.05) is 19.1 Å². The lowest BCUT2D eigenvalue weighted by Crippen LogP contribution is -2.33.